The van der Waals surface area contributed by atoms with E-state index >= 15 is 0 Å². The largest absolute Gasteiger partial charge is 0.421 e. The molecule has 0 radical (unpaired) electrons. The Morgan fingerprint density at radius 3 is 2.28 bits per heavy atom. The lowest BCUT2D eigenvalue weighted by Gasteiger charge is -2.36. The Labute approximate surface area is 205 Å². The number of nitrogens with zero attached hydrogens (tertiary/aromatic N) is 3. The van der Waals surface area contributed by atoms with Gasteiger partial charge in [-0.25, -0.2) is 13.6 Å². The molecule has 0 aliphatic carbocycles. The van der Waals surface area contributed by atoms with E-state index in [0.29, 0.717) is 30.8 Å². The van der Waals surface area contributed by atoms with Crippen LogP contribution < -0.4 is 10.7 Å². The quantitative estimate of drug-likeness (QED) is 0.379. The highest BCUT2D eigenvalue weighted by Crippen LogP contribution is 2.22. The minimum Gasteiger partial charge on any atom is -0.408 e. The average Bonchev–Trinajstić information content (AvgIpc) is 3.19. The van der Waals surface area contributed by atoms with Crippen molar-refractivity contribution in [3.63, 3.8) is 0 Å². The van der Waals surface area contributed by atoms with Crippen molar-refractivity contribution < 1.29 is 22.8 Å². The van der Waals surface area contributed by atoms with Crippen molar-refractivity contribution in [2.75, 3.05) is 31.1 Å². The third-order valence-corrected chi connectivity index (χ3v) is 6.46. The molecule has 1 saturated heterocycles. The molecule has 0 spiro atoms. The van der Waals surface area contributed by atoms with E-state index in [4.69, 9.17) is 4.42 Å². The number of anilines is 1. The normalized spacial score (nSPS) is 14.4. The molecule has 0 saturated carbocycles. The van der Waals surface area contributed by atoms with Gasteiger partial charge in [-0.05, 0) is 67.6 Å². The van der Waals surface area contributed by atoms with Crippen LogP contribution in [0.5, 0.6) is 0 Å². The number of carbonyl (C=O) groups is 2. The lowest BCUT2D eigenvalue weighted by atomic mass is 10.0. The predicted molar refractivity (Wildman–Crippen MR) is 130 cm³/mol. The summed E-state index contributed by atoms with van der Waals surface area (Å²) in [5.74, 6) is -2.77. The van der Waals surface area contributed by atoms with Crippen molar-refractivity contribution >= 4 is 28.4 Å². The van der Waals surface area contributed by atoms with E-state index in [9.17, 15) is 23.2 Å². The molecule has 0 N–H and O–H groups in total. The van der Waals surface area contributed by atoms with E-state index in [-0.39, 0.29) is 22.5 Å². The van der Waals surface area contributed by atoms with E-state index in [2.05, 4.69) is 9.80 Å². The summed E-state index contributed by atoms with van der Waals surface area (Å²) in [7, 11) is 0. The number of fused-ring (bicyclic) bond motifs is 1. The van der Waals surface area contributed by atoms with Crippen molar-refractivity contribution in [2.24, 2.45) is 0 Å². The zero-order valence-corrected chi connectivity index (χ0v) is 19.5. The number of piperazine rings is 1. The number of oxazole rings is 1. The number of aromatic nitrogens is 1. The molecule has 36 heavy (non-hydrogen) atoms. The topological polar surface area (TPSA) is 75.8 Å². The van der Waals surface area contributed by atoms with Gasteiger partial charge in [0.2, 0.25) is 0 Å². The van der Waals surface area contributed by atoms with Gasteiger partial charge in [0.25, 0.3) is 0 Å². The van der Waals surface area contributed by atoms with Crippen LogP contribution in [0.25, 0.3) is 11.1 Å². The van der Waals surface area contributed by atoms with Crippen LogP contribution in [0.1, 0.15) is 33.2 Å². The van der Waals surface area contributed by atoms with Gasteiger partial charge < -0.3 is 9.32 Å². The Hall–Kier alpha value is -4.11. The molecule has 3 aromatic carbocycles. The van der Waals surface area contributed by atoms with Crippen molar-refractivity contribution in [3.8, 4) is 0 Å². The van der Waals surface area contributed by atoms with Crippen LogP contribution in [-0.4, -0.2) is 47.2 Å². The number of benzene rings is 3. The SMILES string of the molecule is CC(=O)c1ccc(N2CCN(Cn3c(=O)oc4cc(C(=O)c5cc(F)ccc5F)ccc43)CC2)cc1. The van der Waals surface area contributed by atoms with Crippen molar-refractivity contribution in [1.29, 1.82) is 0 Å². The first-order chi connectivity index (χ1) is 17.3. The highest BCUT2D eigenvalue weighted by atomic mass is 19.1. The van der Waals surface area contributed by atoms with E-state index in [1.54, 1.807) is 6.07 Å². The van der Waals surface area contributed by atoms with E-state index < -0.39 is 23.2 Å². The Morgan fingerprint density at radius 1 is 0.889 bits per heavy atom. The first kappa shape index (κ1) is 23.6. The minimum absolute atomic E-state index is 0.0294. The molecular formula is C27H23F2N3O4. The predicted octanol–water partition coefficient (Wildman–Crippen LogP) is 4.09. The molecule has 184 valence electrons. The van der Waals surface area contributed by atoms with Gasteiger partial charge >= 0.3 is 5.76 Å². The number of ketones is 2. The standard InChI is InChI=1S/C27H23F2N3O4/c1-17(33)18-2-6-21(7-3-18)31-12-10-30(11-13-31)16-32-24-9-4-19(14-25(24)36-27(32)35)26(34)22-15-20(28)5-8-23(22)29/h2-9,14-15H,10-13,16H2,1H3. The van der Waals surface area contributed by atoms with Crippen LogP contribution in [0.2, 0.25) is 0 Å². The number of halogens is 2. The second kappa shape index (κ2) is 9.50. The second-order valence-electron chi connectivity index (χ2n) is 8.78. The molecule has 5 rings (SSSR count). The van der Waals surface area contributed by atoms with Gasteiger partial charge in [-0.2, -0.15) is 0 Å². The summed E-state index contributed by atoms with van der Waals surface area (Å²) >= 11 is 0. The lowest BCUT2D eigenvalue weighted by molar-refractivity contribution is 0.101. The molecule has 1 aliphatic heterocycles. The van der Waals surface area contributed by atoms with E-state index in [1.165, 1.54) is 23.6 Å². The molecule has 4 aromatic rings. The molecule has 9 heteroatoms. The van der Waals surface area contributed by atoms with Gasteiger partial charge in [-0.3, -0.25) is 19.1 Å². The zero-order valence-electron chi connectivity index (χ0n) is 19.5. The monoisotopic (exact) mass is 491 g/mol. The van der Waals surface area contributed by atoms with Crippen LogP contribution in [0, 0.1) is 11.6 Å². The Kier molecular flexibility index (Phi) is 6.24. The average molecular weight is 491 g/mol. The van der Waals surface area contributed by atoms with E-state index in [1.807, 2.05) is 24.3 Å². The highest BCUT2D eigenvalue weighted by Gasteiger charge is 2.21. The van der Waals surface area contributed by atoms with Gasteiger partial charge in [0, 0.05) is 43.0 Å². The van der Waals surface area contributed by atoms with Gasteiger partial charge in [0.15, 0.2) is 17.1 Å². The summed E-state index contributed by atoms with van der Waals surface area (Å²) in [4.78, 5) is 41.1. The fourth-order valence-corrected chi connectivity index (χ4v) is 4.42. The molecule has 0 bridgehead atoms. The van der Waals surface area contributed by atoms with Crippen molar-refractivity contribution in [3.05, 3.63) is 99.5 Å². The Bertz CT molecular complexity index is 1520. The molecule has 2 heterocycles. The molecule has 1 fully saturated rings. The van der Waals surface area contributed by atoms with Crippen molar-refractivity contribution in [1.82, 2.24) is 9.47 Å². The maximum atomic E-state index is 14.0. The number of hydrogen-bond donors (Lipinski definition) is 0. The molecule has 0 unspecified atom stereocenters. The second-order valence-corrected chi connectivity index (χ2v) is 8.78. The highest BCUT2D eigenvalue weighted by molar-refractivity contribution is 6.10. The van der Waals surface area contributed by atoms with Crippen LogP contribution in [0.3, 0.4) is 0 Å². The number of Topliss-reactive ketones (excluding diaryl/α,β-unsaturated/α-hetero) is 1. The summed E-state index contributed by atoms with van der Waals surface area (Å²) in [6, 6.07) is 14.6. The van der Waals surface area contributed by atoms with Crippen LogP contribution in [0.15, 0.2) is 69.9 Å². The third-order valence-electron chi connectivity index (χ3n) is 6.46. The van der Waals surface area contributed by atoms with Crippen molar-refractivity contribution in [2.45, 2.75) is 13.6 Å². The first-order valence-corrected chi connectivity index (χ1v) is 11.5. The van der Waals surface area contributed by atoms with Gasteiger partial charge in [0.05, 0.1) is 17.7 Å². The summed E-state index contributed by atoms with van der Waals surface area (Å²) < 4.78 is 34.4. The fourth-order valence-electron chi connectivity index (χ4n) is 4.42. The number of rotatable bonds is 6. The van der Waals surface area contributed by atoms with Gasteiger partial charge in [-0.1, -0.05) is 0 Å². The zero-order chi connectivity index (χ0) is 25.4. The number of hydrogen-bond acceptors (Lipinski definition) is 6. The maximum Gasteiger partial charge on any atom is 0.421 e. The Balaban J connectivity index is 1.30. The van der Waals surface area contributed by atoms with Crippen LogP contribution in [0.4, 0.5) is 14.5 Å². The summed E-state index contributed by atoms with van der Waals surface area (Å²) in [6.45, 7) is 4.78. The molecule has 1 aromatic heterocycles. The summed E-state index contributed by atoms with van der Waals surface area (Å²) in [5, 5.41) is 0. The summed E-state index contributed by atoms with van der Waals surface area (Å²) in [6.07, 6.45) is 0. The minimum atomic E-state index is -0.825. The Morgan fingerprint density at radius 2 is 1.58 bits per heavy atom. The van der Waals surface area contributed by atoms with Crippen LogP contribution >= 0.6 is 0 Å². The molecular weight excluding hydrogens is 468 g/mol. The van der Waals surface area contributed by atoms with Gasteiger partial charge in [0.1, 0.15) is 11.6 Å². The third kappa shape index (κ3) is 4.57. The van der Waals surface area contributed by atoms with Gasteiger partial charge in [-0.15, -0.1) is 0 Å². The molecule has 7 nitrogen and oxygen atoms in total. The summed E-state index contributed by atoms with van der Waals surface area (Å²) in [5.41, 5.74) is 2.14. The van der Waals surface area contributed by atoms with E-state index in [0.717, 1.165) is 37.0 Å². The fraction of sp³-hybridized carbons (Fsp3) is 0.222. The molecule has 0 amide bonds. The molecule has 0 atom stereocenters. The first-order valence-electron chi connectivity index (χ1n) is 11.5. The van der Waals surface area contributed by atoms with Crippen LogP contribution in [-0.2, 0) is 6.67 Å². The smallest absolute Gasteiger partial charge is 0.408 e. The lowest BCUT2D eigenvalue weighted by Crippen LogP contribution is -2.47. The maximum absolute atomic E-state index is 14.0. The number of carbonyl (C=O) groups excluding carboxylic acids is 2. The molecule has 1 aliphatic rings.